The fraction of sp³-hybridized carbons (Fsp3) is 0.593. The Labute approximate surface area is 207 Å². The molecule has 1 aromatic heterocycles. The van der Waals surface area contributed by atoms with Crippen LogP contribution in [0, 0.1) is 0 Å². The summed E-state index contributed by atoms with van der Waals surface area (Å²) in [6, 6.07) is 9.42. The van der Waals surface area contributed by atoms with Crippen molar-refractivity contribution in [1.82, 2.24) is 14.9 Å². The number of piperidine rings is 1. The minimum absolute atomic E-state index is 0.0366. The molecule has 2 saturated heterocycles. The van der Waals surface area contributed by atoms with Crippen LogP contribution in [-0.4, -0.2) is 77.5 Å². The number of carbonyl (C=O) groups excluding carboxylic acids is 1. The zero-order valence-electron chi connectivity index (χ0n) is 20.6. The van der Waals surface area contributed by atoms with Gasteiger partial charge in [-0.25, -0.2) is 9.97 Å². The number of aromatic nitrogens is 2. The maximum atomic E-state index is 13.3. The molecule has 1 aromatic carbocycles. The van der Waals surface area contributed by atoms with Crippen molar-refractivity contribution in [3.05, 3.63) is 53.9 Å². The first-order chi connectivity index (χ1) is 17.0. The van der Waals surface area contributed by atoms with E-state index in [0.717, 1.165) is 44.1 Å². The summed E-state index contributed by atoms with van der Waals surface area (Å²) in [5.74, 6) is 0.740. The van der Waals surface area contributed by atoms with E-state index in [9.17, 15) is 9.90 Å². The van der Waals surface area contributed by atoms with Crippen LogP contribution in [0.1, 0.15) is 60.9 Å². The molecular formula is C27H36N4O4. The molecule has 1 aliphatic carbocycles. The van der Waals surface area contributed by atoms with Crippen LogP contribution in [0.25, 0.3) is 0 Å². The molecule has 5 rings (SSSR count). The quantitative estimate of drug-likeness (QED) is 0.703. The maximum absolute atomic E-state index is 13.3. The molecule has 8 nitrogen and oxygen atoms in total. The zero-order chi connectivity index (χ0) is 24.3. The van der Waals surface area contributed by atoms with Gasteiger partial charge in [0.15, 0.2) is 0 Å². The Hall–Kier alpha value is -2.55. The smallest absolute Gasteiger partial charge is 0.253 e. The van der Waals surface area contributed by atoms with Gasteiger partial charge >= 0.3 is 0 Å². The Morgan fingerprint density at radius 3 is 2.43 bits per heavy atom. The molecule has 3 fully saturated rings. The number of nitrogens with zero attached hydrogens (tertiary/aromatic N) is 4. The van der Waals surface area contributed by atoms with Crippen LogP contribution in [0.15, 0.2) is 42.7 Å². The predicted molar refractivity (Wildman–Crippen MR) is 132 cm³/mol. The summed E-state index contributed by atoms with van der Waals surface area (Å²) in [6.45, 7) is 3.15. The standard InChI is InChI=1S/C27H36N4O4/c1-34-19-23-18-31(25-28-14-5-15-29-25)20-26(35-23)12-16-30(17-13-26)24(32)21-6-8-22(9-7-21)27(33)10-3-2-4-11-27/h5-9,14-15,23,33H,2-4,10-13,16-20H2,1H3. The van der Waals surface area contributed by atoms with Crippen molar-refractivity contribution in [1.29, 1.82) is 0 Å². The van der Waals surface area contributed by atoms with Gasteiger partial charge in [0, 0.05) is 44.7 Å². The minimum Gasteiger partial charge on any atom is -0.385 e. The largest absolute Gasteiger partial charge is 0.385 e. The number of ether oxygens (including phenoxy) is 2. The van der Waals surface area contributed by atoms with Crippen LogP contribution >= 0.6 is 0 Å². The lowest BCUT2D eigenvalue weighted by atomic mass is 9.79. The Bertz CT molecular complexity index is 986. The number of morpholine rings is 1. The third-order valence-corrected chi connectivity index (χ3v) is 7.82. The SMILES string of the molecule is COCC1CN(c2ncccn2)CC2(CCN(C(=O)c3ccc(C4(O)CCCCC4)cc3)CC2)O1. The van der Waals surface area contributed by atoms with E-state index in [0.29, 0.717) is 44.3 Å². The highest BCUT2D eigenvalue weighted by Gasteiger charge is 2.44. The first kappa shape index (κ1) is 24.2. The molecule has 0 radical (unpaired) electrons. The van der Waals surface area contributed by atoms with E-state index < -0.39 is 5.60 Å². The molecule has 3 aliphatic rings. The van der Waals surface area contributed by atoms with Crippen molar-refractivity contribution in [2.75, 3.05) is 44.8 Å². The fourth-order valence-corrected chi connectivity index (χ4v) is 5.89. The molecule has 1 saturated carbocycles. The van der Waals surface area contributed by atoms with Gasteiger partial charge in [0.05, 0.1) is 30.5 Å². The Morgan fingerprint density at radius 2 is 1.77 bits per heavy atom. The van der Waals surface area contributed by atoms with Gasteiger partial charge in [0.1, 0.15) is 0 Å². The molecule has 35 heavy (non-hydrogen) atoms. The number of amides is 1. The molecule has 188 valence electrons. The van der Waals surface area contributed by atoms with E-state index in [1.165, 1.54) is 6.42 Å². The molecule has 1 atom stereocenters. The summed E-state index contributed by atoms with van der Waals surface area (Å²) < 4.78 is 11.9. The summed E-state index contributed by atoms with van der Waals surface area (Å²) in [5, 5.41) is 11.0. The van der Waals surface area contributed by atoms with E-state index >= 15 is 0 Å². The van der Waals surface area contributed by atoms with Crippen LogP contribution in [0.3, 0.4) is 0 Å². The van der Waals surface area contributed by atoms with Crippen molar-refractivity contribution < 1.29 is 19.4 Å². The van der Waals surface area contributed by atoms with Crippen molar-refractivity contribution in [3.8, 4) is 0 Å². The first-order valence-corrected chi connectivity index (χ1v) is 12.8. The first-order valence-electron chi connectivity index (χ1n) is 12.8. The van der Waals surface area contributed by atoms with Gasteiger partial charge in [0.25, 0.3) is 5.91 Å². The summed E-state index contributed by atoms with van der Waals surface area (Å²) in [6.07, 6.45) is 9.82. The molecule has 0 bridgehead atoms. The average Bonchev–Trinajstić information content (AvgIpc) is 2.90. The molecule has 1 amide bonds. The second kappa shape index (κ2) is 10.2. The van der Waals surface area contributed by atoms with Crippen molar-refractivity contribution in [2.24, 2.45) is 0 Å². The molecule has 2 aromatic rings. The monoisotopic (exact) mass is 480 g/mol. The van der Waals surface area contributed by atoms with Crippen molar-refractivity contribution in [2.45, 2.75) is 62.3 Å². The van der Waals surface area contributed by atoms with Gasteiger partial charge in [-0.3, -0.25) is 4.79 Å². The summed E-state index contributed by atoms with van der Waals surface area (Å²) in [5.41, 5.74) is 0.494. The lowest BCUT2D eigenvalue weighted by Gasteiger charge is -2.49. The number of aliphatic hydroxyl groups is 1. The molecule has 1 spiro atoms. The highest BCUT2D eigenvalue weighted by molar-refractivity contribution is 5.94. The number of anilines is 1. The van der Waals surface area contributed by atoms with E-state index in [-0.39, 0.29) is 17.6 Å². The van der Waals surface area contributed by atoms with E-state index in [1.54, 1.807) is 19.5 Å². The third-order valence-electron chi connectivity index (χ3n) is 7.82. The van der Waals surface area contributed by atoms with Crippen molar-refractivity contribution in [3.63, 3.8) is 0 Å². The molecule has 2 aliphatic heterocycles. The number of rotatable bonds is 5. The Morgan fingerprint density at radius 1 is 1.09 bits per heavy atom. The van der Waals surface area contributed by atoms with Crippen LogP contribution in [-0.2, 0) is 15.1 Å². The van der Waals surface area contributed by atoms with E-state index in [1.807, 2.05) is 35.2 Å². The van der Waals surface area contributed by atoms with Crippen molar-refractivity contribution >= 4 is 11.9 Å². The highest BCUT2D eigenvalue weighted by atomic mass is 16.5. The number of benzene rings is 1. The summed E-state index contributed by atoms with van der Waals surface area (Å²) in [4.78, 5) is 26.2. The summed E-state index contributed by atoms with van der Waals surface area (Å²) >= 11 is 0. The molecule has 1 unspecified atom stereocenters. The van der Waals surface area contributed by atoms with Crippen LogP contribution in [0.5, 0.6) is 0 Å². The van der Waals surface area contributed by atoms with Crippen LogP contribution in [0.2, 0.25) is 0 Å². The normalized spacial score (nSPS) is 23.9. The number of hydrogen-bond acceptors (Lipinski definition) is 7. The van der Waals surface area contributed by atoms with Crippen LogP contribution < -0.4 is 4.90 Å². The van der Waals surface area contributed by atoms with Gasteiger partial charge in [-0.2, -0.15) is 0 Å². The lowest BCUT2D eigenvalue weighted by Crippen LogP contribution is -2.61. The zero-order valence-corrected chi connectivity index (χ0v) is 20.6. The van der Waals surface area contributed by atoms with E-state index in [4.69, 9.17) is 9.47 Å². The number of likely N-dealkylation sites (tertiary alicyclic amines) is 1. The predicted octanol–water partition coefficient (Wildman–Crippen LogP) is 3.15. The second-order valence-corrected chi connectivity index (χ2v) is 10.3. The van der Waals surface area contributed by atoms with Gasteiger partial charge in [-0.1, -0.05) is 31.4 Å². The van der Waals surface area contributed by atoms with Gasteiger partial charge < -0.3 is 24.4 Å². The van der Waals surface area contributed by atoms with Gasteiger partial charge in [0.2, 0.25) is 5.95 Å². The molecule has 1 N–H and O–H groups in total. The Kier molecular flexibility index (Phi) is 7.05. The lowest BCUT2D eigenvalue weighted by molar-refractivity contribution is -0.145. The summed E-state index contributed by atoms with van der Waals surface area (Å²) in [7, 11) is 1.69. The fourth-order valence-electron chi connectivity index (χ4n) is 5.89. The van der Waals surface area contributed by atoms with Crippen LogP contribution in [0.4, 0.5) is 5.95 Å². The van der Waals surface area contributed by atoms with E-state index in [2.05, 4.69) is 14.9 Å². The molecule has 3 heterocycles. The number of carbonyl (C=O) groups is 1. The number of methoxy groups -OCH3 is 1. The highest BCUT2D eigenvalue weighted by Crippen LogP contribution is 2.37. The topological polar surface area (TPSA) is 88.0 Å². The third kappa shape index (κ3) is 5.20. The maximum Gasteiger partial charge on any atom is 0.253 e. The average molecular weight is 481 g/mol. The minimum atomic E-state index is -0.747. The molecule has 8 heteroatoms. The van der Waals surface area contributed by atoms with Gasteiger partial charge in [-0.15, -0.1) is 0 Å². The second-order valence-electron chi connectivity index (χ2n) is 10.3. The number of hydrogen-bond donors (Lipinski definition) is 1. The Balaban J connectivity index is 1.24. The molecular weight excluding hydrogens is 444 g/mol. The van der Waals surface area contributed by atoms with Gasteiger partial charge in [-0.05, 0) is 49.4 Å².